The van der Waals surface area contributed by atoms with Gasteiger partial charge >= 0.3 is 0 Å². The third kappa shape index (κ3) is 5.16. The largest absolute Gasteiger partial charge is 0.465 e. The lowest BCUT2D eigenvalue weighted by Gasteiger charge is -2.08. The highest BCUT2D eigenvalue weighted by molar-refractivity contribution is 7.92. The molecule has 0 saturated carbocycles. The van der Waals surface area contributed by atoms with Crippen LogP contribution in [0.5, 0.6) is 0 Å². The second-order valence-electron chi connectivity index (χ2n) is 5.21. The van der Waals surface area contributed by atoms with Gasteiger partial charge in [-0.05, 0) is 54.6 Å². The quantitative estimate of drug-likeness (QED) is 0.610. The topological polar surface area (TPSA) is 114 Å². The number of hydrogen-bond acceptors (Lipinski definition) is 6. The number of carbonyl (C=O) groups is 1. The predicted molar refractivity (Wildman–Crippen MR) is 101 cm³/mol. The molecule has 0 bridgehead atoms. The lowest BCUT2D eigenvalue weighted by atomic mass is 10.3. The fraction of sp³-hybridized carbons (Fsp3) is 0. The van der Waals surface area contributed by atoms with Crippen molar-refractivity contribution in [3.63, 3.8) is 0 Å². The van der Waals surface area contributed by atoms with Crippen LogP contribution >= 0.6 is 11.6 Å². The number of aromatic nitrogens is 2. The van der Waals surface area contributed by atoms with Crippen molar-refractivity contribution in [2.24, 2.45) is 0 Å². The molecule has 8 nitrogen and oxygen atoms in total. The van der Waals surface area contributed by atoms with E-state index in [-0.39, 0.29) is 21.8 Å². The minimum absolute atomic E-state index is 0.00313. The molecule has 0 unspecified atom stereocenters. The number of amides is 1. The number of benzene rings is 1. The van der Waals surface area contributed by atoms with Crippen LogP contribution in [0.4, 0.5) is 11.5 Å². The molecular formula is C17H13ClN4O4S. The average Bonchev–Trinajstić information content (AvgIpc) is 3.16. The molecule has 10 heteroatoms. The maximum atomic E-state index is 12.3. The van der Waals surface area contributed by atoms with Gasteiger partial charge in [-0.1, -0.05) is 11.6 Å². The number of anilines is 2. The number of rotatable bonds is 6. The van der Waals surface area contributed by atoms with E-state index in [9.17, 15) is 13.2 Å². The van der Waals surface area contributed by atoms with E-state index in [1.807, 2.05) is 0 Å². The van der Waals surface area contributed by atoms with E-state index in [2.05, 4.69) is 20.2 Å². The molecule has 0 aliphatic carbocycles. The van der Waals surface area contributed by atoms with Gasteiger partial charge in [-0.3, -0.25) is 9.52 Å². The number of carbonyl (C=O) groups excluding carboxylic acids is 1. The summed E-state index contributed by atoms with van der Waals surface area (Å²) >= 11 is 5.61. The van der Waals surface area contributed by atoms with Gasteiger partial charge in [0.15, 0.2) is 11.0 Å². The number of hydrogen-bond donors (Lipinski definition) is 2. The third-order valence-corrected chi connectivity index (χ3v) is 4.82. The molecule has 27 heavy (non-hydrogen) atoms. The lowest BCUT2D eigenvalue weighted by molar-refractivity contribution is -0.111. The smallest absolute Gasteiger partial charge is 0.263 e. The summed E-state index contributed by atoms with van der Waals surface area (Å²) in [5.74, 6) is 0.208. The highest BCUT2D eigenvalue weighted by Crippen LogP contribution is 2.17. The Morgan fingerprint density at radius 2 is 1.85 bits per heavy atom. The molecule has 2 aromatic heterocycles. The molecule has 1 amide bonds. The summed E-state index contributed by atoms with van der Waals surface area (Å²) in [6, 6.07) is 11.9. The van der Waals surface area contributed by atoms with Crippen LogP contribution < -0.4 is 10.0 Å². The van der Waals surface area contributed by atoms with E-state index in [0.29, 0.717) is 11.4 Å². The van der Waals surface area contributed by atoms with E-state index >= 15 is 0 Å². The monoisotopic (exact) mass is 404 g/mol. The number of sulfonamides is 1. The van der Waals surface area contributed by atoms with Gasteiger partial charge in [0.1, 0.15) is 5.76 Å². The van der Waals surface area contributed by atoms with Crippen molar-refractivity contribution in [2.45, 2.75) is 4.90 Å². The highest BCUT2D eigenvalue weighted by atomic mass is 35.5. The van der Waals surface area contributed by atoms with Gasteiger partial charge in [0.2, 0.25) is 5.91 Å². The van der Waals surface area contributed by atoms with Crippen LogP contribution in [0.3, 0.4) is 0 Å². The molecule has 2 N–H and O–H groups in total. The molecule has 0 fully saturated rings. The van der Waals surface area contributed by atoms with Crippen LogP contribution in [0.1, 0.15) is 5.76 Å². The van der Waals surface area contributed by atoms with Crippen molar-refractivity contribution in [3.8, 4) is 0 Å². The first-order chi connectivity index (χ1) is 12.9. The van der Waals surface area contributed by atoms with Crippen molar-refractivity contribution >= 4 is 45.1 Å². The van der Waals surface area contributed by atoms with E-state index in [1.165, 1.54) is 54.8 Å². The Morgan fingerprint density at radius 3 is 2.48 bits per heavy atom. The van der Waals surface area contributed by atoms with Crippen LogP contribution in [-0.4, -0.2) is 24.5 Å². The first-order valence-corrected chi connectivity index (χ1v) is 9.43. The summed E-state index contributed by atoms with van der Waals surface area (Å²) in [5.41, 5.74) is 0.439. The third-order valence-electron chi connectivity index (χ3n) is 3.25. The van der Waals surface area contributed by atoms with Crippen molar-refractivity contribution in [1.82, 2.24) is 10.2 Å². The Labute approximate surface area is 159 Å². The van der Waals surface area contributed by atoms with Crippen molar-refractivity contribution in [3.05, 3.63) is 71.8 Å². The zero-order valence-electron chi connectivity index (χ0n) is 13.7. The first-order valence-electron chi connectivity index (χ1n) is 7.57. The van der Waals surface area contributed by atoms with Crippen LogP contribution in [-0.2, 0) is 14.8 Å². The van der Waals surface area contributed by atoms with Crippen LogP contribution in [0.2, 0.25) is 5.15 Å². The maximum Gasteiger partial charge on any atom is 0.263 e. The van der Waals surface area contributed by atoms with E-state index in [1.54, 1.807) is 12.1 Å². The van der Waals surface area contributed by atoms with Gasteiger partial charge in [-0.25, -0.2) is 8.42 Å². The number of halogens is 1. The molecule has 0 aliphatic heterocycles. The average molecular weight is 405 g/mol. The Hall–Kier alpha value is -3.17. The zero-order chi connectivity index (χ0) is 19.3. The van der Waals surface area contributed by atoms with E-state index < -0.39 is 10.0 Å². The van der Waals surface area contributed by atoms with Crippen LogP contribution in [0.25, 0.3) is 6.08 Å². The summed E-state index contributed by atoms with van der Waals surface area (Å²) in [6.45, 7) is 0. The van der Waals surface area contributed by atoms with Gasteiger partial charge in [-0.15, -0.1) is 10.2 Å². The van der Waals surface area contributed by atoms with Gasteiger partial charge in [0, 0.05) is 11.8 Å². The van der Waals surface area contributed by atoms with Gasteiger partial charge in [-0.2, -0.15) is 0 Å². The lowest BCUT2D eigenvalue weighted by Crippen LogP contribution is -2.14. The molecule has 0 spiro atoms. The van der Waals surface area contributed by atoms with Crippen molar-refractivity contribution < 1.29 is 17.6 Å². The summed E-state index contributed by atoms with van der Waals surface area (Å²) in [6.07, 6.45) is 4.33. The molecular weight excluding hydrogens is 392 g/mol. The maximum absolute atomic E-state index is 12.3. The zero-order valence-corrected chi connectivity index (χ0v) is 15.2. The highest BCUT2D eigenvalue weighted by Gasteiger charge is 2.15. The fourth-order valence-electron chi connectivity index (χ4n) is 2.01. The second kappa shape index (κ2) is 8.02. The fourth-order valence-corrected chi connectivity index (χ4v) is 3.11. The molecule has 0 saturated heterocycles. The molecule has 1 aromatic carbocycles. The van der Waals surface area contributed by atoms with Gasteiger partial charge in [0.25, 0.3) is 10.0 Å². The summed E-state index contributed by atoms with van der Waals surface area (Å²) in [7, 11) is -3.85. The first kappa shape index (κ1) is 18.6. The standard InChI is InChI=1S/C17H13ClN4O4S/c18-15-8-9-16(21-20-15)22-27(24,25)14-6-3-12(4-7-14)19-17(23)10-5-13-2-1-11-26-13/h1-11H,(H,19,23)(H,21,22)/b10-5+. The Kier molecular flexibility index (Phi) is 5.53. The normalized spacial score (nSPS) is 11.4. The predicted octanol–water partition coefficient (Wildman–Crippen LogP) is 3.18. The van der Waals surface area contributed by atoms with Crippen molar-refractivity contribution in [1.29, 1.82) is 0 Å². The summed E-state index contributed by atoms with van der Waals surface area (Å²) in [4.78, 5) is 11.9. The minimum atomic E-state index is -3.85. The Morgan fingerprint density at radius 1 is 1.07 bits per heavy atom. The Bertz CT molecular complexity index is 1050. The molecule has 3 aromatic rings. The second-order valence-corrected chi connectivity index (χ2v) is 7.28. The summed E-state index contributed by atoms with van der Waals surface area (Å²) < 4.78 is 32.0. The molecule has 3 rings (SSSR count). The molecule has 138 valence electrons. The SMILES string of the molecule is O=C(/C=C/c1ccco1)Nc1ccc(S(=O)(=O)Nc2ccc(Cl)nn2)cc1. The Balaban J connectivity index is 1.65. The molecule has 0 radical (unpaired) electrons. The summed E-state index contributed by atoms with van der Waals surface area (Å²) in [5, 5.41) is 9.98. The molecule has 0 aliphatic rings. The van der Waals surface area contributed by atoms with E-state index in [4.69, 9.17) is 16.0 Å². The van der Waals surface area contributed by atoms with Crippen LogP contribution in [0, 0.1) is 0 Å². The van der Waals surface area contributed by atoms with Gasteiger partial charge < -0.3 is 9.73 Å². The number of furan rings is 1. The molecule has 2 heterocycles. The van der Waals surface area contributed by atoms with E-state index in [0.717, 1.165) is 0 Å². The van der Waals surface area contributed by atoms with Gasteiger partial charge in [0.05, 0.1) is 11.2 Å². The minimum Gasteiger partial charge on any atom is -0.465 e. The number of nitrogens with zero attached hydrogens (tertiary/aromatic N) is 2. The number of nitrogens with one attached hydrogen (secondary N) is 2. The molecule has 0 atom stereocenters. The van der Waals surface area contributed by atoms with Crippen molar-refractivity contribution in [2.75, 3.05) is 10.0 Å². The van der Waals surface area contributed by atoms with Crippen LogP contribution in [0.15, 0.2) is 70.2 Å².